The molecule has 0 bridgehead atoms. The minimum atomic E-state index is -0.635. The summed E-state index contributed by atoms with van der Waals surface area (Å²) in [5.41, 5.74) is 18.8. The first-order valence-electron chi connectivity index (χ1n) is 4.11. The summed E-state index contributed by atoms with van der Waals surface area (Å²) in [5.74, 6) is 0. The third kappa shape index (κ3) is 2.11. The fourth-order valence-corrected chi connectivity index (χ4v) is 1.14. The van der Waals surface area contributed by atoms with Gasteiger partial charge in [-0.1, -0.05) is 0 Å². The van der Waals surface area contributed by atoms with Crippen LogP contribution in [0.1, 0.15) is 18.5 Å². The van der Waals surface area contributed by atoms with Crippen LogP contribution in [0.25, 0.3) is 0 Å². The van der Waals surface area contributed by atoms with Gasteiger partial charge in [-0.3, -0.25) is 0 Å². The van der Waals surface area contributed by atoms with Crippen molar-refractivity contribution in [3.05, 3.63) is 23.8 Å². The molecular formula is C9H15N3O. The molecular weight excluding hydrogens is 166 g/mol. The highest BCUT2D eigenvalue weighted by Crippen LogP contribution is 2.23. The molecule has 0 heterocycles. The Bertz CT molecular complexity index is 299. The van der Waals surface area contributed by atoms with Crippen molar-refractivity contribution in [2.45, 2.75) is 19.1 Å². The number of benzene rings is 1. The molecule has 13 heavy (non-hydrogen) atoms. The molecule has 4 heteroatoms. The average Bonchev–Trinajstić information content (AvgIpc) is 2.08. The van der Waals surface area contributed by atoms with E-state index in [1.807, 2.05) is 0 Å². The number of hydrogen-bond acceptors (Lipinski definition) is 4. The summed E-state index contributed by atoms with van der Waals surface area (Å²) in [7, 11) is 0. The lowest BCUT2D eigenvalue weighted by atomic mass is 10.0. The van der Waals surface area contributed by atoms with E-state index in [9.17, 15) is 5.11 Å². The monoisotopic (exact) mass is 181 g/mol. The maximum absolute atomic E-state index is 9.27. The Morgan fingerprint density at radius 3 is 2.46 bits per heavy atom. The van der Waals surface area contributed by atoms with Gasteiger partial charge in [0.15, 0.2) is 0 Å². The van der Waals surface area contributed by atoms with Crippen LogP contribution >= 0.6 is 0 Å². The molecule has 1 aromatic carbocycles. The number of hydrogen-bond donors (Lipinski definition) is 4. The summed E-state index contributed by atoms with van der Waals surface area (Å²) in [6.07, 6.45) is -0.635. The molecule has 0 fully saturated rings. The molecule has 0 saturated heterocycles. The van der Waals surface area contributed by atoms with Crippen LogP contribution in [0.5, 0.6) is 0 Å². The fourth-order valence-electron chi connectivity index (χ4n) is 1.14. The van der Waals surface area contributed by atoms with Gasteiger partial charge in [0, 0.05) is 11.4 Å². The third-order valence-electron chi connectivity index (χ3n) is 1.99. The van der Waals surface area contributed by atoms with E-state index in [2.05, 4.69) is 0 Å². The Balaban J connectivity index is 3.05. The minimum absolute atomic E-state index is 0.483. The maximum Gasteiger partial charge on any atom is 0.0705 e. The molecule has 1 rings (SSSR count). The van der Waals surface area contributed by atoms with Crippen LogP contribution in [0.2, 0.25) is 0 Å². The Labute approximate surface area is 77.3 Å². The van der Waals surface area contributed by atoms with E-state index in [0.717, 1.165) is 0 Å². The molecule has 0 spiro atoms. The number of rotatable bonds is 2. The molecule has 2 atom stereocenters. The lowest BCUT2D eigenvalue weighted by molar-refractivity contribution is 0.164. The quantitative estimate of drug-likeness (QED) is 0.491. The lowest BCUT2D eigenvalue weighted by Crippen LogP contribution is -2.24. The zero-order valence-electron chi connectivity index (χ0n) is 7.57. The standard InChI is InChI=1S/C9H15N3O/c1-5(13)9(12)7-4-6(10)2-3-8(7)11/h2-5,9,13H,10-12H2,1H3/t5-,9-/m1/s1. The number of aliphatic hydroxyl groups is 1. The maximum atomic E-state index is 9.27. The second kappa shape index (κ2) is 3.64. The summed E-state index contributed by atoms with van der Waals surface area (Å²) in [6.45, 7) is 1.62. The SMILES string of the molecule is C[C@@H](O)[C@@H](N)c1cc(N)ccc1N. The molecule has 7 N–H and O–H groups in total. The van der Waals surface area contributed by atoms with Gasteiger partial charge in [0.1, 0.15) is 0 Å². The molecule has 0 aliphatic rings. The molecule has 0 radical (unpaired) electrons. The Morgan fingerprint density at radius 2 is 1.92 bits per heavy atom. The van der Waals surface area contributed by atoms with Crippen LogP contribution in [-0.4, -0.2) is 11.2 Å². The van der Waals surface area contributed by atoms with E-state index in [-0.39, 0.29) is 0 Å². The molecule has 0 aliphatic heterocycles. The van der Waals surface area contributed by atoms with Crippen LogP contribution < -0.4 is 17.2 Å². The third-order valence-corrected chi connectivity index (χ3v) is 1.99. The van der Waals surface area contributed by atoms with Gasteiger partial charge in [-0.05, 0) is 30.7 Å². The first-order chi connectivity index (χ1) is 6.02. The molecule has 72 valence electrons. The molecule has 1 aromatic rings. The summed E-state index contributed by atoms with van der Waals surface area (Å²) in [6, 6.07) is 4.59. The Morgan fingerprint density at radius 1 is 1.31 bits per heavy atom. The van der Waals surface area contributed by atoms with Crippen molar-refractivity contribution >= 4 is 11.4 Å². The normalized spacial score (nSPS) is 15.3. The Hall–Kier alpha value is -1.26. The second-order valence-corrected chi connectivity index (χ2v) is 3.15. The molecule has 4 nitrogen and oxygen atoms in total. The Kier molecular flexibility index (Phi) is 2.75. The minimum Gasteiger partial charge on any atom is -0.399 e. The van der Waals surface area contributed by atoms with Crippen molar-refractivity contribution < 1.29 is 5.11 Å². The van der Waals surface area contributed by atoms with Crippen molar-refractivity contribution in [1.29, 1.82) is 0 Å². The average molecular weight is 181 g/mol. The largest absolute Gasteiger partial charge is 0.399 e. The van der Waals surface area contributed by atoms with E-state index < -0.39 is 12.1 Å². The van der Waals surface area contributed by atoms with Crippen LogP contribution in [0.15, 0.2) is 18.2 Å². The lowest BCUT2D eigenvalue weighted by Gasteiger charge is -2.17. The first-order valence-corrected chi connectivity index (χ1v) is 4.11. The highest BCUT2D eigenvalue weighted by atomic mass is 16.3. The zero-order chi connectivity index (χ0) is 10.0. The predicted octanol–water partition coefficient (Wildman–Crippen LogP) is 0.232. The van der Waals surface area contributed by atoms with Crippen molar-refractivity contribution in [2.75, 3.05) is 11.5 Å². The summed E-state index contributed by atoms with van der Waals surface area (Å²) in [5, 5.41) is 9.27. The van der Waals surface area contributed by atoms with Gasteiger partial charge >= 0.3 is 0 Å². The van der Waals surface area contributed by atoms with Crippen molar-refractivity contribution in [1.82, 2.24) is 0 Å². The van der Waals surface area contributed by atoms with Gasteiger partial charge < -0.3 is 22.3 Å². The fraction of sp³-hybridized carbons (Fsp3) is 0.333. The first kappa shape index (κ1) is 9.83. The highest BCUT2D eigenvalue weighted by Gasteiger charge is 2.14. The van der Waals surface area contributed by atoms with E-state index in [0.29, 0.717) is 16.9 Å². The number of nitrogens with two attached hydrogens (primary N) is 3. The predicted molar refractivity (Wildman–Crippen MR) is 53.9 cm³/mol. The van der Waals surface area contributed by atoms with Crippen molar-refractivity contribution in [3.63, 3.8) is 0 Å². The molecule has 0 aliphatic carbocycles. The van der Waals surface area contributed by atoms with Crippen molar-refractivity contribution in [2.24, 2.45) is 5.73 Å². The van der Waals surface area contributed by atoms with E-state index >= 15 is 0 Å². The van der Waals surface area contributed by atoms with Crippen molar-refractivity contribution in [3.8, 4) is 0 Å². The smallest absolute Gasteiger partial charge is 0.0705 e. The van der Waals surface area contributed by atoms with Gasteiger partial charge in [-0.2, -0.15) is 0 Å². The summed E-state index contributed by atoms with van der Waals surface area (Å²) < 4.78 is 0. The number of anilines is 2. The highest BCUT2D eigenvalue weighted by molar-refractivity contribution is 5.56. The van der Waals surface area contributed by atoms with Crippen LogP contribution in [0, 0.1) is 0 Å². The van der Waals surface area contributed by atoms with Gasteiger partial charge in [-0.25, -0.2) is 0 Å². The van der Waals surface area contributed by atoms with Gasteiger partial charge in [0.25, 0.3) is 0 Å². The molecule has 0 aromatic heterocycles. The number of aliphatic hydroxyl groups excluding tert-OH is 1. The topological polar surface area (TPSA) is 98.3 Å². The molecule has 0 unspecified atom stereocenters. The molecule has 0 amide bonds. The van der Waals surface area contributed by atoms with Crippen LogP contribution in [0.3, 0.4) is 0 Å². The molecule has 0 saturated carbocycles. The van der Waals surface area contributed by atoms with Gasteiger partial charge in [0.05, 0.1) is 12.1 Å². The van der Waals surface area contributed by atoms with E-state index in [1.165, 1.54) is 0 Å². The van der Waals surface area contributed by atoms with E-state index in [4.69, 9.17) is 17.2 Å². The van der Waals surface area contributed by atoms with Crippen LogP contribution in [-0.2, 0) is 0 Å². The van der Waals surface area contributed by atoms with Crippen LogP contribution in [0.4, 0.5) is 11.4 Å². The van der Waals surface area contributed by atoms with Gasteiger partial charge in [0.2, 0.25) is 0 Å². The zero-order valence-corrected chi connectivity index (χ0v) is 7.57. The van der Waals surface area contributed by atoms with Gasteiger partial charge in [-0.15, -0.1) is 0 Å². The number of nitrogen functional groups attached to an aromatic ring is 2. The second-order valence-electron chi connectivity index (χ2n) is 3.15. The summed E-state index contributed by atoms with van der Waals surface area (Å²) >= 11 is 0. The van der Waals surface area contributed by atoms with E-state index in [1.54, 1.807) is 25.1 Å². The summed E-state index contributed by atoms with van der Waals surface area (Å²) in [4.78, 5) is 0.